The van der Waals surface area contributed by atoms with E-state index in [0.717, 1.165) is 27.6 Å². The van der Waals surface area contributed by atoms with Crippen LogP contribution in [0.2, 0.25) is 0 Å². The second-order valence-corrected chi connectivity index (χ2v) is 8.60. The number of hydrogen-bond acceptors (Lipinski definition) is 1. The normalized spacial score (nSPS) is 11.8. The predicted molar refractivity (Wildman–Crippen MR) is 140 cm³/mol. The van der Waals surface area contributed by atoms with Crippen LogP contribution in [0, 0.1) is 0 Å². The summed E-state index contributed by atoms with van der Waals surface area (Å²) < 4.78 is 8.89. The van der Waals surface area contributed by atoms with Crippen molar-refractivity contribution in [2.45, 2.75) is 0 Å². The average molecular weight is 424 g/mol. The lowest BCUT2D eigenvalue weighted by Gasteiger charge is -2.14. The first-order valence-electron chi connectivity index (χ1n) is 11.3. The molecule has 0 fully saturated rings. The van der Waals surface area contributed by atoms with Gasteiger partial charge < -0.3 is 8.98 Å². The molecule has 0 aliphatic heterocycles. The molecule has 7 aromatic rings. The lowest BCUT2D eigenvalue weighted by Crippen LogP contribution is -1.96. The Kier molecular flexibility index (Phi) is 3.80. The third-order valence-corrected chi connectivity index (χ3v) is 6.86. The molecule has 1 heterocycles. The lowest BCUT2D eigenvalue weighted by atomic mass is 9.94. The van der Waals surface area contributed by atoms with E-state index >= 15 is 0 Å². The number of aryl methyl sites for hydroxylation is 1. The molecule has 1 aromatic heterocycles. The zero-order chi connectivity index (χ0) is 21.9. The maximum atomic E-state index is 6.66. The molecule has 0 aliphatic carbocycles. The first kappa shape index (κ1) is 18.3. The second kappa shape index (κ2) is 6.85. The molecule has 156 valence electrons. The monoisotopic (exact) mass is 423 g/mol. The Labute approximate surface area is 190 Å². The van der Waals surface area contributed by atoms with Gasteiger partial charge in [0.25, 0.3) is 0 Å². The van der Waals surface area contributed by atoms with Crippen molar-refractivity contribution in [3.63, 3.8) is 0 Å². The Hall–Kier alpha value is -4.30. The van der Waals surface area contributed by atoms with Gasteiger partial charge in [-0.3, -0.25) is 0 Å². The van der Waals surface area contributed by atoms with Crippen LogP contribution in [0.3, 0.4) is 0 Å². The SMILES string of the molecule is Cn1c2ccccc2oc2c3c4ccccc4c4ccccc4c4ccccc4c3ccc21. The fourth-order valence-electron chi connectivity index (χ4n) is 5.33. The Balaban J connectivity index is 1.92. The van der Waals surface area contributed by atoms with Crippen LogP contribution in [0.4, 0.5) is 0 Å². The van der Waals surface area contributed by atoms with Crippen LogP contribution in [0.25, 0.3) is 65.3 Å². The van der Waals surface area contributed by atoms with E-state index in [0.29, 0.717) is 0 Å². The van der Waals surface area contributed by atoms with Gasteiger partial charge in [-0.25, -0.2) is 0 Å². The Morgan fingerprint density at radius 1 is 0.455 bits per heavy atom. The van der Waals surface area contributed by atoms with Crippen molar-refractivity contribution in [3.05, 3.63) is 109 Å². The molecule has 0 N–H and O–H groups in total. The molecule has 6 aromatic carbocycles. The van der Waals surface area contributed by atoms with E-state index in [1.54, 1.807) is 0 Å². The molecule has 0 unspecified atom stereocenters. The van der Waals surface area contributed by atoms with E-state index in [9.17, 15) is 0 Å². The van der Waals surface area contributed by atoms with Gasteiger partial charge in [-0.2, -0.15) is 0 Å². The summed E-state index contributed by atoms with van der Waals surface area (Å²) >= 11 is 0. The van der Waals surface area contributed by atoms with Crippen molar-refractivity contribution in [2.24, 2.45) is 7.05 Å². The molecule has 2 nitrogen and oxygen atoms in total. The zero-order valence-electron chi connectivity index (χ0n) is 18.2. The van der Waals surface area contributed by atoms with Crippen molar-refractivity contribution < 1.29 is 4.42 Å². The molecule has 0 amide bonds. The summed E-state index contributed by atoms with van der Waals surface area (Å²) in [4.78, 5) is 0. The highest BCUT2D eigenvalue weighted by atomic mass is 16.3. The fourth-order valence-corrected chi connectivity index (χ4v) is 5.33. The molecule has 7 rings (SSSR count). The number of fused-ring (bicyclic) bond motifs is 11. The summed E-state index contributed by atoms with van der Waals surface area (Å²) in [5.41, 5.74) is 3.95. The summed E-state index contributed by atoms with van der Waals surface area (Å²) in [7, 11) is 2.12. The van der Waals surface area contributed by atoms with Crippen molar-refractivity contribution in [1.29, 1.82) is 0 Å². The van der Waals surface area contributed by atoms with Gasteiger partial charge in [0.2, 0.25) is 0 Å². The van der Waals surface area contributed by atoms with Crippen LogP contribution in [0.1, 0.15) is 0 Å². The van der Waals surface area contributed by atoms with E-state index in [1.165, 1.54) is 37.7 Å². The van der Waals surface area contributed by atoms with Crippen molar-refractivity contribution in [1.82, 2.24) is 4.57 Å². The smallest absolute Gasteiger partial charge is 0.159 e. The standard InChI is InChI=1S/C31H21NO/c1-32-27-16-8-9-17-29(27)33-31-28(32)19-18-26-24-14-5-4-12-22(24)20-10-2-3-11-21(20)23-13-6-7-15-25(23)30(26)31/h2-19H,1H3. The molecule has 0 saturated carbocycles. The minimum Gasteiger partial charge on any atom is -0.452 e. The summed E-state index contributed by atoms with van der Waals surface area (Å²) in [6, 6.07) is 38.8. The molecule has 0 bridgehead atoms. The van der Waals surface area contributed by atoms with Crippen molar-refractivity contribution in [2.75, 3.05) is 0 Å². The number of para-hydroxylation sites is 2. The largest absolute Gasteiger partial charge is 0.452 e. The number of hydrogen-bond donors (Lipinski definition) is 0. The first-order chi connectivity index (χ1) is 16.3. The fraction of sp³-hybridized carbons (Fsp3) is 0.0323. The molecule has 0 radical (unpaired) electrons. The molecule has 0 spiro atoms. The maximum Gasteiger partial charge on any atom is 0.159 e. The van der Waals surface area contributed by atoms with Gasteiger partial charge in [-0.15, -0.1) is 0 Å². The van der Waals surface area contributed by atoms with E-state index in [-0.39, 0.29) is 0 Å². The average Bonchev–Trinajstić information content (AvgIpc) is 2.87. The van der Waals surface area contributed by atoms with Crippen LogP contribution in [0.15, 0.2) is 114 Å². The third-order valence-electron chi connectivity index (χ3n) is 6.86. The van der Waals surface area contributed by atoms with Gasteiger partial charge in [0, 0.05) is 12.4 Å². The highest BCUT2D eigenvalue weighted by molar-refractivity contribution is 6.29. The number of rotatable bonds is 0. The molecule has 0 saturated heterocycles. The topological polar surface area (TPSA) is 18.1 Å². The molecular formula is C31H21NO. The van der Waals surface area contributed by atoms with E-state index < -0.39 is 0 Å². The molecule has 0 aliphatic rings. The third kappa shape index (κ3) is 2.55. The molecule has 33 heavy (non-hydrogen) atoms. The summed E-state index contributed by atoms with van der Waals surface area (Å²) in [6.45, 7) is 0. The van der Waals surface area contributed by atoms with Gasteiger partial charge in [-0.1, -0.05) is 91.0 Å². The Morgan fingerprint density at radius 3 is 1.52 bits per heavy atom. The van der Waals surface area contributed by atoms with Crippen LogP contribution in [-0.4, -0.2) is 4.57 Å². The summed E-state index contributed by atoms with van der Waals surface area (Å²) in [5.74, 6) is 0. The van der Waals surface area contributed by atoms with Gasteiger partial charge >= 0.3 is 0 Å². The molecule has 2 heteroatoms. The van der Waals surface area contributed by atoms with Gasteiger partial charge in [-0.05, 0) is 55.9 Å². The summed E-state index contributed by atoms with van der Waals surface area (Å²) in [5, 5.41) is 9.73. The lowest BCUT2D eigenvalue weighted by molar-refractivity contribution is 0.654. The second-order valence-electron chi connectivity index (χ2n) is 8.60. The quantitative estimate of drug-likeness (QED) is 0.223. The van der Waals surface area contributed by atoms with Crippen LogP contribution in [-0.2, 0) is 7.05 Å². The Morgan fingerprint density at radius 2 is 0.909 bits per heavy atom. The van der Waals surface area contributed by atoms with Gasteiger partial charge in [0.15, 0.2) is 11.2 Å². The van der Waals surface area contributed by atoms with Crippen LogP contribution >= 0.6 is 0 Å². The minimum absolute atomic E-state index is 0.883. The molecular weight excluding hydrogens is 402 g/mol. The highest BCUT2D eigenvalue weighted by Crippen LogP contribution is 2.39. The number of benzene rings is 5. The number of aromatic nitrogens is 1. The predicted octanol–water partition coefficient (Wildman–Crippen LogP) is 8.66. The zero-order valence-corrected chi connectivity index (χ0v) is 18.2. The molecule has 0 atom stereocenters. The van der Waals surface area contributed by atoms with Gasteiger partial charge in [0.1, 0.15) is 0 Å². The first-order valence-corrected chi connectivity index (χ1v) is 11.3. The van der Waals surface area contributed by atoms with E-state index in [2.05, 4.69) is 109 Å². The van der Waals surface area contributed by atoms with Gasteiger partial charge in [0.05, 0.1) is 11.0 Å². The number of nitrogens with zero attached hydrogens (tertiary/aromatic N) is 1. The van der Waals surface area contributed by atoms with Crippen LogP contribution in [0.5, 0.6) is 0 Å². The van der Waals surface area contributed by atoms with Crippen molar-refractivity contribution >= 4 is 65.3 Å². The van der Waals surface area contributed by atoms with Crippen LogP contribution < -0.4 is 0 Å². The van der Waals surface area contributed by atoms with E-state index in [1.807, 2.05) is 12.1 Å². The summed E-state index contributed by atoms with van der Waals surface area (Å²) in [6.07, 6.45) is 0. The Bertz CT molecular complexity index is 1880. The maximum absolute atomic E-state index is 6.66. The van der Waals surface area contributed by atoms with Crippen molar-refractivity contribution in [3.8, 4) is 0 Å². The highest BCUT2D eigenvalue weighted by Gasteiger charge is 2.14. The van der Waals surface area contributed by atoms with E-state index in [4.69, 9.17) is 4.42 Å². The minimum atomic E-state index is 0.883.